The molecule has 7 nitrogen and oxygen atoms in total. The maximum atomic E-state index is 13.6. The number of carbonyl (C=O) groups excluding carboxylic acids is 3. The molecule has 0 saturated heterocycles. The molecule has 1 atom stereocenters. The van der Waals surface area contributed by atoms with Gasteiger partial charge in [-0.1, -0.05) is 39.0 Å². The van der Waals surface area contributed by atoms with Gasteiger partial charge in [0.05, 0.1) is 11.6 Å². The zero-order valence-electron chi connectivity index (χ0n) is 21.9. The highest BCUT2D eigenvalue weighted by Gasteiger charge is 2.37. The Balaban J connectivity index is 1.46. The molecule has 9 heteroatoms. The second kappa shape index (κ2) is 10.5. The zero-order chi connectivity index (χ0) is 27.0. The molecule has 1 aromatic carbocycles. The second-order valence-corrected chi connectivity index (χ2v) is 12.1. The minimum Gasteiger partial charge on any atom is -0.369 e. The molecule has 0 radical (unpaired) electrons. The van der Waals surface area contributed by atoms with Crippen molar-refractivity contribution in [1.82, 2.24) is 15.1 Å². The van der Waals surface area contributed by atoms with Gasteiger partial charge in [0, 0.05) is 37.1 Å². The maximum absolute atomic E-state index is 13.6. The third-order valence-corrected chi connectivity index (χ3v) is 8.04. The molecule has 37 heavy (non-hydrogen) atoms. The van der Waals surface area contributed by atoms with Crippen LogP contribution in [-0.2, 0) is 16.1 Å². The third-order valence-electron chi connectivity index (χ3n) is 8.04. The highest BCUT2D eigenvalue weighted by atomic mass is 19.3. The van der Waals surface area contributed by atoms with Gasteiger partial charge in [-0.2, -0.15) is 5.10 Å². The van der Waals surface area contributed by atoms with Crippen molar-refractivity contribution in [3.05, 3.63) is 30.0 Å². The molecule has 3 N–H and O–H groups in total. The summed E-state index contributed by atoms with van der Waals surface area (Å²) in [6.45, 7) is 6.22. The largest absolute Gasteiger partial charge is 0.369 e. The highest BCUT2D eigenvalue weighted by Crippen LogP contribution is 2.38. The number of aromatic nitrogens is 2. The van der Waals surface area contributed by atoms with Gasteiger partial charge in [0.25, 0.3) is 5.91 Å². The van der Waals surface area contributed by atoms with E-state index in [9.17, 15) is 23.2 Å². The van der Waals surface area contributed by atoms with Crippen LogP contribution in [0.2, 0.25) is 0 Å². The van der Waals surface area contributed by atoms with Crippen LogP contribution in [0.4, 0.5) is 8.78 Å². The van der Waals surface area contributed by atoms with Crippen molar-refractivity contribution in [3.8, 4) is 0 Å². The van der Waals surface area contributed by atoms with Crippen LogP contribution in [-0.4, -0.2) is 39.3 Å². The minimum absolute atomic E-state index is 0.0461. The predicted octanol–water partition coefficient (Wildman–Crippen LogP) is 4.87. The lowest BCUT2D eigenvalue weighted by Crippen LogP contribution is -2.49. The monoisotopic (exact) mass is 516 g/mol. The molecule has 4 rings (SSSR count). The maximum Gasteiger partial charge on any atom is 0.273 e. The van der Waals surface area contributed by atoms with Gasteiger partial charge < -0.3 is 11.1 Å². The summed E-state index contributed by atoms with van der Waals surface area (Å²) < 4.78 is 29.0. The van der Waals surface area contributed by atoms with Crippen LogP contribution in [0.5, 0.6) is 0 Å². The lowest BCUT2D eigenvalue weighted by Gasteiger charge is -2.34. The van der Waals surface area contributed by atoms with Gasteiger partial charge in [0.1, 0.15) is 0 Å². The zero-order valence-corrected chi connectivity index (χ0v) is 21.9. The van der Waals surface area contributed by atoms with Crippen molar-refractivity contribution in [2.45, 2.75) is 90.6 Å². The number of benzene rings is 1. The fourth-order valence-electron chi connectivity index (χ4n) is 5.64. The number of fused-ring (bicyclic) bond motifs is 1. The molecule has 2 fully saturated rings. The van der Waals surface area contributed by atoms with Crippen LogP contribution < -0.4 is 11.1 Å². The molecule has 1 unspecified atom stereocenters. The van der Waals surface area contributed by atoms with Crippen molar-refractivity contribution < 1.29 is 23.2 Å². The van der Waals surface area contributed by atoms with Gasteiger partial charge in [0.2, 0.25) is 11.8 Å². The molecule has 2 aliphatic carbocycles. The fraction of sp³-hybridized carbons (Fsp3) is 0.643. The Bertz CT molecular complexity index is 1150. The molecule has 0 bridgehead atoms. The molecule has 0 spiro atoms. The molecule has 2 aliphatic rings. The Kier molecular flexibility index (Phi) is 7.72. The van der Waals surface area contributed by atoms with E-state index in [1.54, 1.807) is 4.68 Å². The number of carbonyl (C=O) groups is 3. The molecule has 1 aromatic heterocycles. The van der Waals surface area contributed by atoms with Gasteiger partial charge in [-0.3, -0.25) is 19.1 Å². The molecule has 1 heterocycles. The number of hydrogen-bond donors (Lipinski definition) is 2. The number of para-hydroxylation sites is 1. The van der Waals surface area contributed by atoms with E-state index < -0.39 is 23.3 Å². The van der Waals surface area contributed by atoms with Gasteiger partial charge in [0.15, 0.2) is 11.5 Å². The van der Waals surface area contributed by atoms with Crippen LogP contribution in [0.1, 0.15) is 82.6 Å². The summed E-state index contributed by atoms with van der Waals surface area (Å²) in [7, 11) is 0. The molecular weight excluding hydrogens is 478 g/mol. The van der Waals surface area contributed by atoms with Crippen LogP contribution in [0.3, 0.4) is 0 Å². The number of ketones is 1. The van der Waals surface area contributed by atoms with E-state index >= 15 is 0 Å². The lowest BCUT2D eigenvalue weighted by molar-refractivity contribution is -0.126. The van der Waals surface area contributed by atoms with E-state index in [2.05, 4.69) is 10.4 Å². The van der Waals surface area contributed by atoms with Crippen molar-refractivity contribution in [1.29, 1.82) is 0 Å². The number of amides is 2. The average Bonchev–Trinajstić information content (AvgIpc) is 3.15. The summed E-state index contributed by atoms with van der Waals surface area (Å²) in [6, 6.07) is 6.69. The number of halogens is 2. The molecule has 2 amide bonds. The van der Waals surface area contributed by atoms with Gasteiger partial charge >= 0.3 is 0 Å². The van der Waals surface area contributed by atoms with Crippen LogP contribution in [0.15, 0.2) is 24.3 Å². The number of alkyl halides is 2. The first-order valence-electron chi connectivity index (χ1n) is 13.3. The van der Waals surface area contributed by atoms with Crippen LogP contribution >= 0.6 is 0 Å². The molecule has 2 saturated carbocycles. The number of nitrogens with zero attached hydrogens (tertiary/aromatic N) is 2. The average molecular weight is 517 g/mol. The highest BCUT2D eigenvalue weighted by molar-refractivity contribution is 6.06. The van der Waals surface area contributed by atoms with E-state index in [1.807, 2.05) is 45.0 Å². The van der Waals surface area contributed by atoms with E-state index in [0.29, 0.717) is 43.5 Å². The minimum atomic E-state index is -2.59. The van der Waals surface area contributed by atoms with Gasteiger partial charge in [-0.05, 0) is 55.4 Å². The van der Waals surface area contributed by atoms with Crippen LogP contribution in [0, 0.1) is 23.2 Å². The Morgan fingerprint density at radius 3 is 2.41 bits per heavy atom. The number of Topliss-reactive ketones (excluding diaryl/α,β-unsaturated/α-hetero) is 1. The summed E-state index contributed by atoms with van der Waals surface area (Å²) in [5, 5.41) is 8.21. The summed E-state index contributed by atoms with van der Waals surface area (Å²) in [4.78, 5) is 37.9. The first-order valence-corrected chi connectivity index (χ1v) is 13.3. The molecule has 0 aliphatic heterocycles. The Morgan fingerprint density at radius 1 is 1.14 bits per heavy atom. The second-order valence-electron chi connectivity index (χ2n) is 12.1. The Morgan fingerprint density at radius 2 is 1.78 bits per heavy atom. The summed E-state index contributed by atoms with van der Waals surface area (Å²) >= 11 is 0. The van der Waals surface area contributed by atoms with Crippen molar-refractivity contribution in [2.24, 2.45) is 28.9 Å². The number of primary amides is 1. The Hall–Kier alpha value is -2.84. The number of hydrogen-bond acceptors (Lipinski definition) is 4. The quantitative estimate of drug-likeness (QED) is 0.496. The molecular formula is C28H38F2N4O3. The van der Waals surface area contributed by atoms with Gasteiger partial charge in [-0.15, -0.1) is 0 Å². The number of nitrogens with one attached hydrogen (secondary N) is 1. The van der Waals surface area contributed by atoms with Crippen LogP contribution in [0.25, 0.3) is 10.9 Å². The Labute approximate surface area is 216 Å². The standard InChI is InChI=1S/C28H38F2N4O3/c1-27(2,3)24(22(35)9-8-18-14-19(15-18)25(31)36)32-26(37)23-20-6-4-5-7-21(20)34(33-23)16-17-10-12-28(29,30)13-11-17/h4-7,17-19,24H,8-16H2,1-3H3,(H2,31,36)(H,32,37). The topological polar surface area (TPSA) is 107 Å². The third kappa shape index (κ3) is 6.36. The predicted molar refractivity (Wildman–Crippen MR) is 137 cm³/mol. The SMILES string of the molecule is CC(C)(C)C(NC(=O)c1nn(CC2CCC(F)(F)CC2)c2ccccc12)C(=O)CCC1CC(C(N)=O)C1. The summed E-state index contributed by atoms with van der Waals surface area (Å²) in [5.74, 6) is -3.06. The van der Waals surface area contributed by atoms with Gasteiger partial charge in [-0.25, -0.2) is 8.78 Å². The number of nitrogens with two attached hydrogens (primary N) is 1. The first-order chi connectivity index (χ1) is 17.3. The lowest BCUT2D eigenvalue weighted by atomic mass is 9.71. The van der Waals surface area contributed by atoms with E-state index in [1.165, 1.54) is 0 Å². The first kappa shape index (κ1) is 27.2. The molecule has 202 valence electrons. The van der Waals surface area contributed by atoms with E-state index in [-0.39, 0.29) is 42.1 Å². The van der Waals surface area contributed by atoms with Crippen molar-refractivity contribution >= 4 is 28.5 Å². The van der Waals surface area contributed by atoms with E-state index in [4.69, 9.17) is 5.73 Å². The fourth-order valence-corrected chi connectivity index (χ4v) is 5.64. The van der Waals surface area contributed by atoms with Crippen molar-refractivity contribution in [2.75, 3.05) is 0 Å². The number of rotatable bonds is 9. The molecule has 2 aromatic rings. The summed E-state index contributed by atoms with van der Waals surface area (Å²) in [5.41, 5.74) is 5.85. The normalized spacial score (nSPS) is 22.8. The van der Waals surface area contributed by atoms with Crippen molar-refractivity contribution in [3.63, 3.8) is 0 Å². The van der Waals surface area contributed by atoms with E-state index in [0.717, 1.165) is 18.4 Å². The smallest absolute Gasteiger partial charge is 0.273 e. The summed E-state index contributed by atoms with van der Waals surface area (Å²) in [6.07, 6.45) is 3.03.